The number of hydrogen-bond donors (Lipinski definition) is 0. The zero-order valence-electron chi connectivity index (χ0n) is 3.43. The second kappa shape index (κ2) is 1.66. The summed E-state index contributed by atoms with van der Waals surface area (Å²) in [6, 6.07) is 0. The minimum absolute atomic E-state index is 0.194. The largest absolute Gasteiger partial charge is 0.443 e. The summed E-state index contributed by atoms with van der Waals surface area (Å²) in [5.41, 5.74) is 0. The average molecular weight is 163 g/mol. The summed E-state index contributed by atoms with van der Waals surface area (Å²) in [4.78, 5) is 10.1. The molecule has 0 radical (unpaired) electrons. The number of ether oxygens (including phenoxy) is 1. The summed E-state index contributed by atoms with van der Waals surface area (Å²) >= 11 is 3.05. The molecule has 0 fully saturated rings. The Balaban J connectivity index is 2.58. The van der Waals surface area contributed by atoms with E-state index in [1.165, 1.54) is 6.08 Å². The number of cyclic esters (lactones) is 1. The Labute approximate surface area is 49.3 Å². The summed E-state index contributed by atoms with van der Waals surface area (Å²) in [5.74, 6) is -0.276. The number of rotatable bonds is 0. The summed E-state index contributed by atoms with van der Waals surface area (Å²) in [7, 11) is 0. The van der Waals surface area contributed by atoms with E-state index in [-0.39, 0.29) is 11.0 Å². The lowest BCUT2D eigenvalue weighted by Gasteiger charge is -1.93. The van der Waals surface area contributed by atoms with E-state index in [4.69, 9.17) is 0 Å². The first-order chi connectivity index (χ1) is 3.29. The highest BCUT2D eigenvalue weighted by atomic mass is 79.9. The maximum Gasteiger partial charge on any atom is 0.332 e. The van der Waals surface area contributed by atoms with Crippen molar-refractivity contribution in [3.8, 4) is 0 Å². The molecular weight excluding hydrogens is 160 g/mol. The molecule has 0 aromatic heterocycles. The van der Waals surface area contributed by atoms with Crippen LogP contribution in [0.1, 0.15) is 0 Å². The quantitative estimate of drug-likeness (QED) is 0.390. The van der Waals surface area contributed by atoms with Gasteiger partial charge in [0.15, 0.2) is 5.01 Å². The van der Waals surface area contributed by atoms with E-state index in [2.05, 4.69) is 20.7 Å². The zero-order valence-corrected chi connectivity index (χ0v) is 5.01. The van der Waals surface area contributed by atoms with Crippen molar-refractivity contribution in [1.82, 2.24) is 0 Å². The first-order valence-corrected chi connectivity index (χ1v) is 2.73. The Morgan fingerprint density at radius 1 is 1.86 bits per heavy atom. The van der Waals surface area contributed by atoms with Crippen molar-refractivity contribution in [3.05, 3.63) is 12.2 Å². The molecule has 0 N–H and O–H groups in total. The van der Waals surface area contributed by atoms with Crippen LogP contribution in [-0.4, -0.2) is 11.0 Å². The molecule has 7 heavy (non-hydrogen) atoms. The minimum atomic E-state index is -0.276. The lowest BCUT2D eigenvalue weighted by molar-refractivity contribution is -0.135. The van der Waals surface area contributed by atoms with E-state index in [1.54, 1.807) is 6.08 Å². The molecule has 3 heteroatoms. The number of carbonyl (C=O) groups excluding carboxylic acids is 1. The Morgan fingerprint density at radius 3 is 2.71 bits per heavy atom. The third kappa shape index (κ3) is 1.03. The van der Waals surface area contributed by atoms with Crippen LogP contribution in [0.4, 0.5) is 0 Å². The fraction of sp³-hybridized carbons (Fsp3) is 0.250. The van der Waals surface area contributed by atoms with Crippen LogP contribution in [0.15, 0.2) is 12.2 Å². The van der Waals surface area contributed by atoms with Crippen LogP contribution in [0.25, 0.3) is 0 Å². The van der Waals surface area contributed by atoms with Gasteiger partial charge in [0.2, 0.25) is 0 Å². The van der Waals surface area contributed by atoms with Crippen LogP contribution < -0.4 is 0 Å². The van der Waals surface area contributed by atoms with E-state index in [0.29, 0.717) is 0 Å². The second-order valence-corrected chi connectivity index (χ2v) is 2.05. The number of esters is 1. The molecule has 0 aliphatic carbocycles. The number of hydrogen-bond acceptors (Lipinski definition) is 2. The van der Waals surface area contributed by atoms with Gasteiger partial charge in [-0.15, -0.1) is 0 Å². The molecule has 2 nitrogen and oxygen atoms in total. The fourth-order valence-corrected chi connectivity index (χ4v) is 0.681. The third-order valence-electron chi connectivity index (χ3n) is 0.612. The van der Waals surface area contributed by atoms with E-state index in [1.807, 2.05) is 0 Å². The van der Waals surface area contributed by atoms with Gasteiger partial charge in [-0.2, -0.15) is 0 Å². The maximum absolute atomic E-state index is 10.1. The van der Waals surface area contributed by atoms with Crippen molar-refractivity contribution in [2.45, 2.75) is 5.01 Å². The van der Waals surface area contributed by atoms with E-state index < -0.39 is 0 Å². The van der Waals surface area contributed by atoms with E-state index in [9.17, 15) is 4.79 Å². The van der Waals surface area contributed by atoms with Gasteiger partial charge >= 0.3 is 5.97 Å². The lowest BCUT2D eigenvalue weighted by atomic mass is 10.6. The third-order valence-corrected chi connectivity index (χ3v) is 1.10. The van der Waals surface area contributed by atoms with Crippen molar-refractivity contribution >= 4 is 21.9 Å². The molecule has 0 amide bonds. The molecular formula is C4H3BrO2. The highest BCUT2D eigenvalue weighted by molar-refractivity contribution is 9.09. The molecule has 1 rings (SSSR count). The van der Waals surface area contributed by atoms with Crippen molar-refractivity contribution in [3.63, 3.8) is 0 Å². The summed E-state index contributed by atoms with van der Waals surface area (Å²) < 4.78 is 4.53. The predicted molar refractivity (Wildman–Crippen MR) is 27.9 cm³/mol. The van der Waals surface area contributed by atoms with Gasteiger partial charge in [-0.3, -0.25) is 0 Å². The van der Waals surface area contributed by atoms with Crippen LogP contribution in [0.3, 0.4) is 0 Å². The second-order valence-electron chi connectivity index (χ2n) is 1.15. The fourth-order valence-electron chi connectivity index (χ4n) is 0.344. The van der Waals surface area contributed by atoms with Crippen LogP contribution in [0.5, 0.6) is 0 Å². The van der Waals surface area contributed by atoms with E-state index >= 15 is 0 Å². The lowest BCUT2D eigenvalue weighted by Crippen LogP contribution is -1.96. The molecule has 1 heterocycles. The molecule has 1 atom stereocenters. The smallest absolute Gasteiger partial charge is 0.332 e. The molecule has 1 unspecified atom stereocenters. The monoisotopic (exact) mass is 162 g/mol. The summed E-state index contributed by atoms with van der Waals surface area (Å²) in [6.45, 7) is 0. The van der Waals surface area contributed by atoms with E-state index in [0.717, 1.165) is 0 Å². The normalized spacial score (nSPS) is 28.1. The summed E-state index contributed by atoms with van der Waals surface area (Å²) in [5, 5.41) is -0.194. The molecule has 0 aromatic rings. The van der Waals surface area contributed by atoms with Gasteiger partial charge in [0.1, 0.15) is 0 Å². The van der Waals surface area contributed by atoms with Gasteiger partial charge in [-0.05, 0) is 22.0 Å². The van der Waals surface area contributed by atoms with Gasteiger partial charge in [-0.25, -0.2) is 4.79 Å². The molecule has 0 bridgehead atoms. The topological polar surface area (TPSA) is 26.3 Å². The van der Waals surface area contributed by atoms with Gasteiger partial charge in [0.25, 0.3) is 0 Å². The van der Waals surface area contributed by atoms with Crippen LogP contribution in [0, 0.1) is 0 Å². The number of alkyl halides is 1. The molecule has 1 aliphatic heterocycles. The van der Waals surface area contributed by atoms with Crippen LogP contribution >= 0.6 is 15.9 Å². The highest BCUT2D eigenvalue weighted by Gasteiger charge is 2.10. The van der Waals surface area contributed by atoms with Crippen molar-refractivity contribution < 1.29 is 9.53 Å². The molecule has 38 valence electrons. The SMILES string of the molecule is O=C1C=CC(Br)O1. The Morgan fingerprint density at radius 2 is 2.57 bits per heavy atom. The molecule has 0 spiro atoms. The van der Waals surface area contributed by atoms with Gasteiger partial charge < -0.3 is 4.74 Å². The first-order valence-electron chi connectivity index (χ1n) is 1.82. The van der Waals surface area contributed by atoms with Crippen molar-refractivity contribution in [1.29, 1.82) is 0 Å². The highest BCUT2D eigenvalue weighted by Crippen LogP contribution is 2.09. The number of halogens is 1. The minimum Gasteiger partial charge on any atom is -0.443 e. The van der Waals surface area contributed by atoms with Gasteiger partial charge in [-0.1, -0.05) is 0 Å². The van der Waals surface area contributed by atoms with Gasteiger partial charge in [0.05, 0.1) is 0 Å². The first kappa shape index (κ1) is 4.84. The summed E-state index contributed by atoms with van der Waals surface area (Å²) in [6.07, 6.45) is 3.03. The van der Waals surface area contributed by atoms with Crippen LogP contribution in [-0.2, 0) is 9.53 Å². The van der Waals surface area contributed by atoms with Crippen molar-refractivity contribution in [2.24, 2.45) is 0 Å². The van der Waals surface area contributed by atoms with Crippen LogP contribution in [0.2, 0.25) is 0 Å². The average Bonchev–Trinajstić information content (AvgIpc) is 1.87. The van der Waals surface area contributed by atoms with Gasteiger partial charge in [0, 0.05) is 6.08 Å². The molecule has 0 saturated carbocycles. The standard InChI is InChI=1S/C4H3BrO2/c5-3-1-2-4(6)7-3/h1-3H. The molecule has 0 saturated heterocycles. The Hall–Kier alpha value is -0.310. The predicted octanol–water partition coefficient (Wildman–Crippen LogP) is 0.820. The Kier molecular flexibility index (Phi) is 1.15. The zero-order chi connectivity index (χ0) is 5.28. The Bertz CT molecular complexity index is 119. The maximum atomic E-state index is 10.1. The van der Waals surface area contributed by atoms with Crippen molar-refractivity contribution in [2.75, 3.05) is 0 Å². The number of carbonyl (C=O) groups is 1. The molecule has 0 aromatic carbocycles. The molecule has 1 aliphatic rings.